The van der Waals surface area contributed by atoms with E-state index in [4.69, 9.17) is 13.9 Å². The SMILES string of the molecule is COc1cccc(-c2nnc(-c3cccnc3OC(=O)C(F)(F)F)o2)c1OC. The van der Waals surface area contributed by atoms with Crippen LogP contribution in [0.15, 0.2) is 40.9 Å². The second-order valence-electron chi connectivity index (χ2n) is 5.20. The first-order chi connectivity index (χ1) is 13.3. The van der Waals surface area contributed by atoms with Crippen LogP contribution in [-0.2, 0) is 4.79 Å². The maximum absolute atomic E-state index is 12.5. The first-order valence-electron chi connectivity index (χ1n) is 7.64. The molecule has 0 spiro atoms. The molecule has 3 rings (SSSR count). The molecule has 0 radical (unpaired) electrons. The van der Waals surface area contributed by atoms with E-state index in [9.17, 15) is 18.0 Å². The number of ether oxygens (including phenoxy) is 3. The summed E-state index contributed by atoms with van der Waals surface area (Å²) in [5.74, 6) is -2.46. The van der Waals surface area contributed by atoms with Crippen LogP contribution in [0.4, 0.5) is 13.2 Å². The van der Waals surface area contributed by atoms with E-state index in [1.54, 1.807) is 18.2 Å². The minimum Gasteiger partial charge on any atom is -0.493 e. The maximum Gasteiger partial charge on any atom is 0.491 e. The maximum atomic E-state index is 12.5. The highest BCUT2D eigenvalue weighted by Crippen LogP contribution is 2.38. The van der Waals surface area contributed by atoms with Gasteiger partial charge in [-0.15, -0.1) is 10.2 Å². The molecule has 1 aromatic carbocycles. The summed E-state index contributed by atoms with van der Waals surface area (Å²) in [6, 6.07) is 7.70. The van der Waals surface area contributed by atoms with Crippen LogP contribution in [0.25, 0.3) is 22.9 Å². The van der Waals surface area contributed by atoms with Gasteiger partial charge in [0.2, 0.25) is 5.88 Å². The van der Waals surface area contributed by atoms with Crippen LogP contribution >= 0.6 is 0 Å². The van der Waals surface area contributed by atoms with Gasteiger partial charge < -0.3 is 18.6 Å². The van der Waals surface area contributed by atoms with Crippen LogP contribution < -0.4 is 14.2 Å². The second kappa shape index (κ2) is 7.55. The van der Waals surface area contributed by atoms with Gasteiger partial charge in [-0.1, -0.05) is 6.07 Å². The Labute approximate surface area is 155 Å². The number of methoxy groups -OCH3 is 2. The van der Waals surface area contributed by atoms with Gasteiger partial charge in [-0.05, 0) is 24.3 Å². The lowest BCUT2D eigenvalue weighted by molar-refractivity contribution is -0.189. The molecule has 2 heterocycles. The lowest BCUT2D eigenvalue weighted by Gasteiger charge is -2.10. The van der Waals surface area contributed by atoms with E-state index in [0.717, 1.165) is 6.20 Å². The molecule has 0 aliphatic rings. The van der Waals surface area contributed by atoms with E-state index in [1.165, 1.54) is 26.4 Å². The molecule has 11 heteroatoms. The number of rotatable bonds is 5. The van der Waals surface area contributed by atoms with E-state index >= 15 is 0 Å². The molecule has 0 saturated carbocycles. The third-order valence-corrected chi connectivity index (χ3v) is 3.48. The van der Waals surface area contributed by atoms with Crippen molar-refractivity contribution in [2.24, 2.45) is 0 Å². The molecule has 0 atom stereocenters. The van der Waals surface area contributed by atoms with Gasteiger partial charge in [0.05, 0.1) is 19.8 Å². The average molecular weight is 395 g/mol. The van der Waals surface area contributed by atoms with E-state index in [1.807, 2.05) is 0 Å². The first-order valence-corrected chi connectivity index (χ1v) is 7.64. The van der Waals surface area contributed by atoms with Crippen molar-refractivity contribution >= 4 is 5.97 Å². The Kier molecular flexibility index (Phi) is 5.16. The topological polar surface area (TPSA) is 96.6 Å². The van der Waals surface area contributed by atoms with Crippen LogP contribution in [0, 0.1) is 0 Å². The van der Waals surface area contributed by atoms with E-state index in [0.29, 0.717) is 17.1 Å². The summed E-state index contributed by atoms with van der Waals surface area (Å²) in [7, 11) is 2.88. The van der Waals surface area contributed by atoms with Crippen molar-refractivity contribution in [1.29, 1.82) is 0 Å². The van der Waals surface area contributed by atoms with Crippen LogP contribution in [0.3, 0.4) is 0 Å². The molecule has 3 aromatic rings. The number of carbonyl (C=O) groups is 1. The van der Waals surface area contributed by atoms with Gasteiger partial charge in [-0.3, -0.25) is 0 Å². The van der Waals surface area contributed by atoms with Gasteiger partial charge in [0, 0.05) is 6.20 Å². The summed E-state index contributed by atoms with van der Waals surface area (Å²) in [6.45, 7) is 0. The van der Waals surface area contributed by atoms with Gasteiger partial charge in [-0.25, -0.2) is 9.78 Å². The molecule has 0 fully saturated rings. The Bertz CT molecular complexity index is 1000. The summed E-state index contributed by atoms with van der Waals surface area (Å²) in [4.78, 5) is 14.8. The highest BCUT2D eigenvalue weighted by atomic mass is 19.4. The molecule has 0 aliphatic heterocycles. The number of nitrogens with zero attached hydrogens (tertiary/aromatic N) is 3. The fraction of sp³-hybridized carbons (Fsp3) is 0.176. The first kappa shape index (κ1) is 19.1. The summed E-state index contributed by atoms with van der Waals surface area (Å²) in [6.07, 6.45) is -4.02. The van der Waals surface area contributed by atoms with Crippen LogP contribution in [0.1, 0.15) is 0 Å². The lowest BCUT2D eigenvalue weighted by atomic mass is 10.2. The summed E-state index contributed by atoms with van der Waals surface area (Å²) in [5, 5.41) is 7.67. The number of aromatic nitrogens is 3. The average Bonchev–Trinajstić information content (AvgIpc) is 3.16. The fourth-order valence-electron chi connectivity index (χ4n) is 2.28. The van der Waals surface area contributed by atoms with Gasteiger partial charge in [0.25, 0.3) is 11.8 Å². The Hall–Kier alpha value is -3.63. The highest BCUT2D eigenvalue weighted by Gasteiger charge is 2.42. The number of esters is 1. The van der Waals surface area contributed by atoms with Crippen molar-refractivity contribution in [1.82, 2.24) is 15.2 Å². The van der Waals surface area contributed by atoms with Crippen molar-refractivity contribution in [2.45, 2.75) is 6.18 Å². The second-order valence-corrected chi connectivity index (χ2v) is 5.20. The molecule has 0 aliphatic carbocycles. The molecule has 0 saturated heterocycles. The predicted octanol–water partition coefficient (Wildman–Crippen LogP) is 3.28. The molecule has 0 amide bonds. The molecule has 8 nitrogen and oxygen atoms in total. The molecule has 28 heavy (non-hydrogen) atoms. The van der Waals surface area contributed by atoms with Crippen molar-refractivity contribution in [3.05, 3.63) is 36.5 Å². The van der Waals surface area contributed by atoms with Crippen molar-refractivity contribution in [3.63, 3.8) is 0 Å². The number of benzene rings is 1. The summed E-state index contributed by atoms with van der Waals surface area (Å²) in [5.41, 5.74) is 0.319. The third-order valence-electron chi connectivity index (χ3n) is 3.48. The smallest absolute Gasteiger partial charge is 0.491 e. The van der Waals surface area contributed by atoms with E-state index in [-0.39, 0.29) is 17.3 Å². The van der Waals surface area contributed by atoms with Crippen molar-refractivity contribution < 1.29 is 36.6 Å². The number of hydrogen-bond acceptors (Lipinski definition) is 8. The summed E-state index contributed by atoms with van der Waals surface area (Å²) >= 11 is 0. The highest BCUT2D eigenvalue weighted by molar-refractivity contribution is 5.79. The van der Waals surface area contributed by atoms with Crippen molar-refractivity contribution in [2.75, 3.05) is 14.2 Å². The lowest BCUT2D eigenvalue weighted by Crippen LogP contribution is -2.28. The Morgan fingerprint density at radius 3 is 2.32 bits per heavy atom. The zero-order valence-electron chi connectivity index (χ0n) is 14.5. The van der Waals surface area contributed by atoms with Crippen LogP contribution in [0.2, 0.25) is 0 Å². The van der Waals surface area contributed by atoms with Gasteiger partial charge in [-0.2, -0.15) is 13.2 Å². The predicted molar refractivity (Wildman–Crippen MR) is 87.8 cm³/mol. The number of halogens is 3. The van der Waals surface area contributed by atoms with Crippen molar-refractivity contribution in [3.8, 4) is 40.3 Å². The quantitative estimate of drug-likeness (QED) is 0.607. The van der Waals surface area contributed by atoms with Gasteiger partial charge in [0.1, 0.15) is 5.56 Å². The minimum absolute atomic E-state index is 0.0164. The summed E-state index contributed by atoms with van der Waals surface area (Å²) < 4.78 is 57.7. The molecule has 146 valence electrons. The van der Waals surface area contributed by atoms with E-state index < -0.39 is 18.0 Å². The molecular weight excluding hydrogens is 383 g/mol. The van der Waals surface area contributed by atoms with Crippen LogP contribution in [-0.4, -0.2) is 41.5 Å². The Morgan fingerprint density at radius 2 is 1.68 bits per heavy atom. The van der Waals surface area contributed by atoms with Gasteiger partial charge >= 0.3 is 12.1 Å². The van der Waals surface area contributed by atoms with Gasteiger partial charge in [0.15, 0.2) is 11.5 Å². The molecule has 0 bridgehead atoms. The monoisotopic (exact) mass is 395 g/mol. The Morgan fingerprint density at radius 1 is 1.00 bits per heavy atom. The number of alkyl halides is 3. The number of pyridine rings is 1. The molecule has 0 unspecified atom stereocenters. The number of carbonyl (C=O) groups excluding carboxylic acids is 1. The Balaban J connectivity index is 1.99. The zero-order chi connectivity index (χ0) is 20.3. The standard InChI is InChI=1S/C17H12F3N3O5/c1-25-11-7-3-5-9(12(11)26-2)14-22-23-15(27-14)10-6-4-8-21-13(10)28-16(24)17(18,19)20/h3-8H,1-2H3. The number of hydrogen-bond donors (Lipinski definition) is 0. The third kappa shape index (κ3) is 3.72. The minimum atomic E-state index is -5.18. The van der Waals surface area contributed by atoms with E-state index in [2.05, 4.69) is 19.9 Å². The molecule has 2 aromatic heterocycles. The molecular formula is C17H12F3N3O5. The van der Waals surface area contributed by atoms with Crippen LogP contribution in [0.5, 0.6) is 17.4 Å². The number of para-hydroxylation sites is 1. The zero-order valence-corrected chi connectivity index (χ0v) is 14.5. The fourth-order valence-corrected chi connectivity index (χ4v) is 2.28. The molecule has 0 N–H and O–H groups in total. The largest absolute Gasteiger partial charge is 0.493 e. The normalized spacial score (nSPS) is 11.2.